The zero-order valence-electron chi connectivity index (χ0n) is 21.0. The first-order valence-electron chi connectivity index (χ1n) is 14.0. The molecule has 0 aromatic carbocycles. The standard InChI is InChI=1S/C29H58/c1-4-7-10-12-13-14-15-16-17-18-19-20-21-23-25-28-29(26-9-6-3)27-24-22-11-8-5-2/h16-17,29H,4-15,18-28H2,1-3H3. The maximum Gasteiger partial charge on any atom is -0.0351 e. The quantitative estimate of drug-likeness (QED) is 0.110. The molecule has 1 atom stereocenters. The second-order valence-electron chi connectivity index (χ2n) is 9.58. The van der Waals surface area contributed by atoms with Gasteiger partial charge in [-0.25, -0.2) is 0 Å². The molecule has 0 saturated heterocycles. The first-order chi connectivity index (χ1) is 14.3. The molecule has 174 valence electrons. The summed E-state index contributed by atoms with van der Waals surface area (Å²) in [6.07, 6.45) is 37.8. The minimum Gasteiger partial charge on any atom is -0.0885 e. The minimum atomic E-state index is 1.03. The van der Waals surface area contributed by atoms with E-state index in [0.717, 1.165) is 5.92 Å². The van der Waals surface area contributed by atoms with Crippen molar-refractivity contribution in [1.29, 1.82) is 0 Å². The zero-order valence-corrected chi connectivity index (χ0v) is 21.0. The number of rotatable bonds is 24. The molecule has 0 N–H and O–H groups in total. The van der Waals surface area contributed by atoms with Crippen molar-refractivity contribution in [2.45, 2.75) is 168 Å². The maximum atomic E-state index is 2.45. The van der Waals surface area contributed by atoms with Gasteiger partial charge in [0, 0.05) is 0 Å². The lowest BCUT2D eigenvalue weighted by Crippen LogP contribution is -2.01. The Labute approximate surface area is 186 Å². The Morgan fingerprint density at radius 3 is 1.17 bits per heavy atom. The second kappa shape index (κ2) is 25.8. The van der Waals surface area contributed by atoms with Gasteiger partial charge in [-0.3, -0.25) is 0 Å². The molecule has 0 saturated carbocycles. The summed E-state index contributed by atoms with van der Waals surface area (Å²) in [4.78, 5) is 0. The van der Waals surface area contributed by atoms with Crippen LogP contribution in [0.3, 0.4) is 0 Å². The van der Waals surface area contributed by atoms with Gasteiger partial charge in [-0.2, -0.15) is 0 Å². The summed E-state index contributed by atoms with van der Waals surface area (Å²) < 4.78 is 0. The fourth-order valence-electron chi connectivity index (χ4n) is 4.47. The van der Waals surface area contributed by atoms with Crippen molar-refractivity contribution in [3.8, 4) is 0 Å². The third kappa shape index (κ3) is 23.9. The van der Waals surface area contributed by atoms with Crippen LogP contribution in [-0.2, 0) is 0 Å². The lowest BCUT2D eigenvalue weighted by molar-refractivity contribution is 0.371. The second-order valence-corrected chi connectivity index (χ2v) is 9.58. The fourth-order valence-corrected chi connectivity index (χ4v) is 4.47. The lowest BCUT2D eigenvalue weighted by atomic mass is 9.90. The molecule has 0 radical (unpaired) electrons. The SMILES string of the molecule is CCCCCCCCC=CCCCCCCCC(CCCC)CCCCCCC. The van der Waals surface area contributed by atoms with Gasteiger partial charge in [0.2, 0.25) is 0 Å². The van der Waals surface area contributed by atoms with E-state index in [4.69, 9.17) is 0 Å². The summed E-state index contributed by atoms with van der Waals surface area (Å²) in [5.41, 5.74) is 0. The number of hydrogen-bond donors (Lipinski definition) is 0. The Morgan fingerprint density at radius 1 is 0.379 bits per heavy atom. The maximum absolute atomic E-state index is 2.45. The van der Waals surface area contributed by atoms with Crippen LogP contribution in [0.4, 0.5) is 0 Å². The molecule has 0 aromatic rings. The molecule has 1 unspecified atom stereocenters. The smallest absolute Gasteiger partial charge is 0.0351 e. The molecule has 29 heavy (non-hydrogen) atoms. The minimum absolute atomic E-state index is 1.03. The van der Waals surface area contributed by atoms with E-state index >= 15 is 0 Å². The van der Waals surface area contributed by atoms with Crippen LogP contribution in [0.5, 0.6) is 0 Å². The van der Waals surface area contributed by atoms with Crippen LogP contribution in [0.15, 0.2) is 12.2 Å². The highest BCUT2D eigenvalue weighted by atomic mass is 14.1. The van der Waals surface area contributed by atoms with Crippen molar-refractivity contribution < 1.29 is 0 Å². The monoisotopic (exact) mass is 406 g/mol. The molecule has 0 heteroatoms. The molecule has 0 aliphatic rings. The number of hydrogen-bond acceptors (Lipinski definition) is 0. The van der Waals surface area contributed by atoms with Gasteiger partial charge in [-0.05, 0) is 31.6 Å². The van der Waals surface area contributed by atoms with E-state index in [1.165, 1.54) is 148 Å². The number of allylic oxidation sites excluding steroid dienone is 2. The van der Waals surface area contributed by atoms with E-state index in [0.29, 0.717) is 0 Å². The normalized spacial score (nSPS) is 12.8. The van der Waals surface area contributed by atoms with E-state index < -0.39 is 0 Å². The summed E-state index contributed by atoms with van der Waals surface area (Å²) in [6, 6.07) is 0. The van der Waals surface area contributed by atoms with Crippen molar-refractivity contribution in [3.63, 3.8) is 0 Å². The molecule has 0 aliphatic carbocycles. The Bertz CT molecular complexity index is 303. The lowest BCUT2D eigenvalue weighted by Gasteiger charge is -2.16. The Balaban J connectivity index is 3.48. The molecule has 0 aliphatic heterocycles. The van der Waals surface area contributed by atoms with Gasteiger partial charge in [0.1, 0.15) is 0 Å². The van der Waals surface area contributed by atoms with E-state index in [1.54, 1.807) is 0 Å². The molecule has 0 bridgehead atoms. The summed E-state index contributed by atoms with van der Waals surface area (Å²) in [5.74, 6) is 1.03. The molecule has 0 fully saturated rings. The Morgan fingerprint density at radius 2 is 0.724 bits per heavy atom. The van der Waals surface area contributed by atoms with Crippen molar-refractivity contribution in [2.75, 3.05) is 0 Å². The van der Waals surface area contributed by atoms with Gasteiger partial charge in [-0.15, -0.1) is 0 Å². The molecule has 0 rings (SSSR count). The fraction of sp³-hybridized carbons (Fsp3) is 0.931. The van der Waals surface area contributed by atoms with Crippen molar-refractivity contribution >= 4 is 0 Å². The predicted octanol–water partition coefficient (Wildman–Crippen LogP) is 11.2. The molecule has 0 aromatic heterocycles. The van der Waals surface area contributed by atoms with E-state index in [1.807, 2.05) is 0 Å². The van der Waals surface area contributed by atoms with Crippen LogP contribution in [0.1, 0.15) is 168 Å². The third-order valence-electron chi connectivity index (χ3n) is 6.56. The predicted molar refractivity (Wildman–Crippen MR) is 136 cm³/mol. The first-order valence-corrected chi connectivity index (χ1v) is 14.0. The van der Waals surface area contributed by atoms with E-state index in [9.17, 15) is 0 Å². The van der Waals surface area contributed by atoms with Gasteiger partial charge >= 0.3 is 0 Å². The number of unbranched alkanes of at least 4 members (excludes halogenated alkanes) is 16. The average molecular weight is 407 g/mol. The largest absolute Gasteiger partial charge is 0.0885 e. The van der Waals surface area contributed by atoms with Crippen LogP contribution in [-0.4, -0.2) is 0 Å². The van der Waals surface area contributed by atoms with Crippen LogP contribution in [0.2, 0.25) is 0 Å². The average Bonchev–Trinajstić information content (AvgIpc) is 2.73. The molecule has 0 nitrogen and oxygen atoms in total. The van der Waals surface area contributed by atoms with Crippen LogP contribution >= 0.6 is 0 Å². The third-order valence-corrected chi connectivity index (χ3v) is 6.56. The van der Waals surface area contributed by atoms with Crippen LogP contribution < -0.4 is 0 Å². The van der Waals surface area contributed by atoms with E-state index in [2.05, 4.69) is 32.9 Å². The molecule has 0 spiro atoms. The van der Waals surface area contributed by atoms with Crippen molar-refractivity contribution in [2.24, 2.45) is 5.92 Å². The van der Waals surface area contributed by atoms with Crippen molar-refractivity contribution in [3.05, 3.63) is 12.2 Å². The Kier molecular flexibility index (Phi) is 25.5. The van der Waals surface area contributed by atoms with Gasteiger partial charge in [-0.1, -0.05) is 155 Å². The highest BCUT2D eigenvalue weighted by Gasteiger charge is 2.08. The summed E-state index contributed by atoms with van der Waals surface area (Å²) in [5, 5.41) is 0. The molecular weight excluding hydrogens is 348 g/mol. The summed E-state index contributed by atoms with van der Waals surface area (Å²) >= 11 is 0. The van der Waals surface area contributed by atoms with Crippen LogP contribution in [0, 0.1) is 5.92 Å². The summed E-state index contributed by atoms with van der Waals surface area (Å²) in [6.45, 7) is 6.96. The van der Waals surface area contributed by atoms with Crippen LogP contribution in [0.25, 0.3) is 0 Å². The van der Waals surface area contributed by atoms with Gasteiger partial charge in [0.15, 0.2) is 0 Å². The van der Waals surface area contributed by atoms with E-state index in [-0.39, 0.29) is 0 Å². The Hall–Kier alpha value is -0.260. The van der Waals surface area contributed by atoms with Gasteiger partial charge in [0.05, 0.1) is 0 Å². The van der Waals surface area contributed by atoms with Crippen molar-refractivity contribution in [1.82, 2.24) is 0 Å². The molecule has 0 amide bonds. The zero-order chi connectivity index (χ0) is 21.3. The highest BCUT2D eigenvalue weighted by molar-refractivity contribution is 4.81. The van der Waals surface area contributed by atoms with Gasteiger partial charge < -0.3 is 0 Å². The summed E-state index contributed by atoms with van der Waals surface area (Å²) in [7, 11) is 0. The molecular formula is C29H58. The molecule has 0 heterocycles. The first kappa shape index (κ1) is 28.7. The van der Waals surface area contributed by atoms with Gasteiger partial charge in [0.25, 0.3) is 0 Å². The highest BCUT2D eigenvalue weighted by Crippen LogP contribution is 2.23. The topological polar surface area (TPSA) is 0 Å².